The first-order valence-electron chi connectivity index (χ1n) is 8.10. The minimum Gasteiger partial charge on any atom is -0.465 e. The van der Waals surface area contributed by atoms with Gasteiger partial charge in [0, 0.05) is 41.1 Å². The van der Waals surface area contributed by atoms with Crippen LogP contribution < -0.4 is 0 Å². The second-order valence-corrected chi connectivity index (χ2v) is 7.61. The second kappa shape index (κ2) is 6.53. The highest BCUT2D eigenvalue weighted by Crippen LogP contribution is 2.50. The van der Waals surface area contributed by atoms with E-state index < -0.39 is 17.8 Å². The van der Waals surface area contributed by atoms with Crippen molar-refractivity contribution >= 4 is 39.1 Å². The maximum atomic E-state index is 13.2. The van der Waals surface area contributed by atoms with E-state index in [0.29, 0.717) is 32.1 Å². The van der Waals surface area contributed by atoms with E-state index in [0.717, 1.165) is 5.56 Å². The monoisotopic (exact) mass is 455 g/mol. The lowest BCUT2D eigenvalue weighted by molar-refractivity contribution is 0.0600. The van der Waals surface area contributed by atoms with Crippen LogP contribution >= 0.6 is 27.5 Å². The molecular formula is C18H13BrClF2N3O2. The number of pyridine rings is 1. The molecule has 1 unspecified atom stereocenters. The van der Waals surface area contributed by atoms with Crippen LogP contribution in [-0.2, 0) is 11.2 Å². The summed E-state index contributed by atoms with van der Waals surface area (Å²) in [6.07, 6.45) is 1.80. The molecule has 1 saturated carbocycles. The smallest absolute Gasteiger partial charge is 0.337 e. The fourth-order valence-electron chi connectivity index (χ4n) is 3.01. The Hall–Kier alpha value is -2.06. The zero-order valence-electron chi connectivity index (χ0n) is 14.0. The fourth-order valence-corrected chi connectivity index (χ4v) is 3.91. The Morgan fingerprint density at radius 2 is 2.11 bits per heavy atom. The first-order chi connectivity index (χ1) is 12.8. The average molecular weight is 457 g/mol. The third-order valence-corrected chi connectivity index (χ3v) is 5.75. The summed E-state index contributed by atoms with van der Waals surface area (Å²) in [6.45, 7) is 0. The summed E-state index contributed by atoms with van der Waals surface area (Å²) in [5.74, 6) is -3.26. The largest absolute Gasteiger partial charge is 0.465 e. The molecule has 1 atom stereocenters. The van der Waals surface area contributed by atoms with Gasteiger partial charge in [0.2, 0.25) is 0 Å². The minimum atomic E-state index is -2.60. The van der Waals surface area contributed by atoms with Crippen molar-refractivity contribution in [3.63, 3.8) is 0 Å². The van der Waals surface area contributed by atoms with Crippen LogP contribution in [-0.4, -0.2) is 33.6 Å². The highest BCUT2D eigenvalue weighted by Gasteiger charge is 2.56. The predicted octanol–water partition coefficient (Wildman–Crippen LogP) is 4.80. The maximum absolute atomic E-state index is 13.2. The quantitative estimate of drug-likeness (QED) is 0.529. The van der Waals surface area contributed by atoms with Gasteiger partial charge in [0.25, 0.3) is 5.92 Å². The molecule has 140 valence electrons. The Bertz CT molecular complexity index is 1070. The number of benzene rings is 1. The molecule has 0 radical (unpaired) electrons. The minimum absolute atomic E-state index is 0.108. The van der Waals surface area contributed by atoms with Gasteiger partial charge in [0.15, 0.2) is 5.65 Å². The van der Waals surface area contributed by atoms with Crippen molar-refractivity contribution < 1.29 is 18.3 Å². The van der Waals surface area contributed by atoms with Crippen LogP contribution in [0.2, 0.25) is 5.02 Å². The number of hydrogen-bond acceptors (Lipinski definition) is 4. The van der Waals surface area contributed by atoms with Gasteiger partial charge in [-0.3, -0.25) is 4.40 Å². The average Bonchev–Trinajstić information content (AvgIpc) is 3.04. The van der Waals surface area contributed by atoms with E-state index in [1.54, 1.807) is 28.8 Å². The first kappa shape index (κ1) is 18.3. The van der Waals surface area contributed by atoms with Crippen molar-refractivity contribution in [2.75, 3.05) is 7.11 Å². The molecular weight excluding hydrogens is 444 g/mol. The van der Waals surface area contributed by atoms with Gasteiger partial charge in [0.1, 0.15) is 5.82 Å². The normalized spacial score (nSPS) is 17.9. The number of fused-ring (bicyclic) bond motifs is 1. The van der Waals surface area contributed by atoms with Gasteiger partial charge in [-0.15, -0.1) is 10.2 Å². The topological polar surface area (TPSA) is 56.5 Å². The summed E-state index contributed by atoms with van der Waals surface area (Å²) < 4.78 is 33.4. The van der Waals surface area contributed by atoms with Crippen LogP contribution in [0.5, 0.6) is 0 Å². The summed E-state index contributed by atoms with van der Waals surface area (Å²) in [5, 5.41) is 8.56. The van der Waals surface area contributed by atoms with Crippen LogP contribution in [0.3, 0.4) is 0 Å². The van der Waals surface area contributed by atoms with Gasteiger partial charge in [-0.25, -0.2) is 13.6 Å². The molecule has 9 heteroatoms. The molecule has 0 spiro atoms. The maximum Gasteiger partial charge on any atom is 0.337 e. The Labute approximate surface area is 166 Å². The highest BCUT2D eigenvalue weighted by atomic mass is 79.9. The molecule has 0 saturated heterocycles. The lowest BCUT2D eigenvalue weighted by atomic mass is 10.0. The molecule has 2 heterocycles. The number of alkyl halides is 2. The molecule has 4 rings (SSSR count). The third kappa shape index (κ3) is 3.21. The zero-order chi connectivity index (χ0) is 19.3. The Morgan fingerprint density at radius 1 is 1.37 bits per heavy atom. The Kier molecular flexibility index (Phi) is 4.43. The summed E-state index contributed by atoms with van der Waals surface area (Å²) in [6, 6.07) is 6.67. The molecule has 1 aliphatic rings. The molecule has 1 fully saturated rings. The van der Waals surface area contributed by atoms with Crippen LogP contribution in [0.25, 0.3) is 16.8 Å². The third-order valence-electron chi connectivity index (χ3n) is 4.65. The first-order valence-corrected chi connectivity index (χ1v) is 9.27. The lowest BCUT2D eigenvalue weighted by Gasteiger charge is -2.10. The van der Waals surface area contributed by atoms with Gasteiger partial charge in [-0.1, -0.05) is 17.7 Å². The fraction of sp³-hybridized carbons (Fsp3) is 0.278. The van der Waals surface area contributed by atoms with E-state index in [9.17, 15) is 13.6 Å². The SMILES string of the molecule is COC(=O)c1ccc(-c2ccn3c(CC4CC4(F)F)nnc3c2Br)c(Cl)c1. The number of carbonyl (C=O) groups is 1. The van der Waals surface area contributed by atoms with Crippen molar-refractivity contribution in [1.82, 2.24) is 14.6 Å². The predicted molar refractivity (Wildman–Crippen MR) is 99.2 cm³/mol. The van der Waals surface area contributed by atoms with E-state index in [-0.39, 0.29) is 12.8 Å². The van der Waals surface area contributed by atoms with Gasteiger partial charge in [-0.2, -0.15) is 0 Å². The van der Waals surface area contributed by atoms with Crippen LogP contribution in [0.1, 0.15) is 22.6 Å². The van der Waals surface area contributed by atoms with Gasteiger partial charge in [0.05, 0.1) is 17.1 Å². The van der Waals surface area contributed by atoms with Crippen molar-refractivity contribution in [3.8, 4) is 11.1 Å². The zero-order valence-corrected chi connectivity index (χ0v) is 16.4. The van der Waals surface area contributed by atoms with Gasteiger partial charge in [-0.05, 0) is 34.1 Å². The van der Waals surface area contributed by atoms with E-state index in [4.69, 9.17) is 16.3 Å². The molecule has 27 heavy (non-hydrogen) atoms. The van der Waals surface area contributed by atoms with Crippen molar-refractivity contribution in [3.05, 3.63) is 51.3 Å². The Morgan fingerprint density at radius 3 is 2.74 bits per heavy atom. The summed E-state index contributed by atoms with van der Waals surface area (Å²) in [5.41, 5.74) is 2.30. The molecule has 1 aliphatic carbocycles. The van der Waals surface area contributed by atoms with Crippen LogP contribution in [0.15, 0.2) is 34.9 Å². The van der Waals surface area contributed by atoms with E-state index in [2.05, 4.69) is 26.1 Å². The molecule has 3 aromatic rings. The van der Waals surface area contributed by atoms with Crippen molar-refractivity contribution in [2.24, 2.45) is 5.92 Å². The highest BCUT2D eigenvalue weighted by molar-refractivity contribution is 9.10. The van der Waals surface area contributed by atoms with Crippen molar-refractivity contribution in [1.29, 1.82) is 0 Å². The van der Waals surface area contributed by atoms with E-state index >= 15 is 0 Å². The number of halogens is 4. The van der Waals surface area contributed by atoms with Gasteiger partial charge >= 0.3 is 5.97 Å². The number of aromatic nitrogens is 3. The number of esters is 1. The lowest BCUT2D eigenvalue weighted by Crippen LogP contribution is -2.02. The molecule has 0 aliphatic heterocycles. The number of carbonyl (C=O) groups excluding carboxylic acids is 1. The molecule has 0 bridgehead atoms. The summed E-state index contributed by atoms with van der Waals surface area (Å²) in [4.78, 5) is 11.6. The summed E-state index contributed by atoms with van der Waals surface area (Å²) in [7, 11) is 1.30. The molecule has 0 N–H and O–H groups in total. The number of methoxy groups -OCH3 is 1. The number of rotatable bonds is 4. The van der Waals surface area contributed by atoms with Crippen molar-refractivity contribution in [2.45, 2.75) is 18.8 Å². The molecule has 1 aromatic carbocycles. The second-order valence-electron chi connectivity index (χ2n) is 6.41. The van der Waals surface area contributed by atoms with Gasteiger partial charge < -0.3 is 4.74 Å². The summed E-state index contributed by atoms with van der Waals surface area (Å²) >= 11 is 9.86. The van der Waals surface area contributed by atoms with E-state index in [1.165, 1.54) is 13.2 Å². The molecule has 0 amide bonds. The Balaban J connectivity index is 1.71. The van der Waals surface area contributed by atoms with Crippen LogP contribution in [0.4, 0.5) is 8.78 Å². The van der Waals surface area contributed by atoms with Crippen LogP contribution in [0, 0.1) is 5.92 Å². The number of nitrogens with zero attached hydrogens (tertiary/aromatic N) is 3. The standard InChI is InChI=1S/C18H13BrClF2N3O2/c1-27-17(26)9-2-3-11(13(20)6-9)12-4-5-25-14(7-10-8-18(10,21)22)23-24-16(25)15(12)19/h2-6,10H,7-8H2,1H3. The molecule has 2 aromatic heterocycles. The number of hydrogen-bond donors (Lipinski definition) is 0. The van der Waals surface area contributed by atoms with E-state index in [1.807, 2.05) is 0 Å². The molecule has 5 nitrogen and oxygen atoms in total. The number of ether oxygens (including phenoxy) is 1.